The van der Waals surface area contributed by atoms with Crippen molar-refractivity contribution >= 4 is 67.3 Å². The lowest BCUT2D eigenvalue weighted by atomic mass is 10.0. The van der Waals surface area contributed by atoms with Gasteiger partial charge in [-0.1, -0.05) is 48.5 Å². The molecule has 3 amide bonds. The van der Waals surface area contributed by atoms with E-state index in [0.717, 1.165) is 43.7 Å². The summed E-state index contributed by atoms with van der Waals surface area (Å²) in [6.07, 6.45) is 1.66. The number of fused-ring (bicyclic) bond motifs is 1. The van der Waals surface area contributed by atoms with Gasteiger partial charge in [0.1, 0.15) is 0 Å². The van der Waals surface area contributed by atoms with Crippen LogP contribution in [0.4, 0.5) is 10.5 Å². The van der Waals surface area contributed by atoms with Crippen molar-refractivity contribution in [1.29, 1.82) is 0 Å². The van der Waals surface area contributed by atoms with Crippen molar-refractivity contribution < 1.29 is 23.9 Å². The minimum Gasteiger partial charge on any atom is -0.493 e. The molecule has 1 heterocycles. The van der Waals surface area contributed by atoms with E-state index in [9.17, 15) is 14.4 Å². The fourth-order valence-electron chi connectivity index (χ4n) is 4.49. The standard InChI is InChI=1S/C32H27BrN2O5S/c1-19-13-25(33)26(14-20(19)2)34-30(36)18-40-27-12-11-21(15-28(27)39-3)16-29-31(37)35(32(38)41-29)17-23-9-6-8-22-7-4-5-10-24(22)23/h4-16H,17-18H2,1-3H3,(H,34,36)/b29-16+. The highest BCUT2D eigenvalue weighted by Crippen LogP contribution is 2.36. The van der Waals surface area contributed by atoms with Gasteiger partial charge >= 0.3 is 0 Å². The van der Waals surface area contributed by atoms with Gasteiger partial charge in [0.15, 0.2) is 18.1 Å². The van der Waals surface area contributed by atoms with Gasteiger partial charge in [0.25, 0.3) is 17.1 Å². The molecule has 1 saturated heterocycles. The summed E-state index contributed by atoms with van der Waals surface area (Å²) in [7, 11) is 1.50. The van der Waals surface area contributed by atoms with Crippen LogP contribution in [-0.4, -0.2) is 35.7 Å². The largest absolute Gasteiger partial charge is 0.493 e. The number of amides is 3. The van der Waals surface area contributed by atoms with E-state index in [1.807, 2.05) is 68.4 Å². The van der Waals surface area contributed by atoms with Crippen LogP contribution in [0.5, 0.6) is 11.5 Å². The second kappa shape index (κ2) is 12.2. The number of nitrogens with zero attached hydrogens (tertiary/aromatic N) is 1. The summed E-state index contributed by atoms with van der Waals surface area (Å²) in [4.78, 5) is 40.1. The molecule has 0 aliphatic carbocycles. The summed E-state index contributed by atoms with van der Waals surface area (Å²) in [5.74, 6) is 0.110. The number of hydrogen-bond acceptors (Lipinski definition) is 6. The van der Waals surface area contributed by atoms with Crippen molar-refractivity contribution in [2.75, 3.05) is 19.0 Å². The number of carbonyl (C=O) groups is 3. The summed E-state index contributed by atoms with van der Waals surface area (Å²) in [5.41, 5.74) is 4.41. The minimum atomic E-state index is -0.346. The van der Waals surface area contributed by atoms with Crippen molar-refractivity contribution in [3.63, 3.8) is 0 Å². The minimum absolute atomic E-state index is 0.195. The van der Waals surface area contributed by atoms with Gasteiger partial charge in [0, 0.05) is 4.47 Å². The number of benzene rings is 4. The molecule has 7 nitrogen and oxygen atoms in total. The Bertz CT molecular complexity index is 1710. The topological polar surface area (TPSA) is 84.9 Å². The number of methoxy groups -OCH3 is 1. The number of thioether (sulfide) groups is 1. The van der Waals surface area contributed by atoms with Gasteiger partial charge in [-0.3, -0.25) is 19.3 Å². The van der Waals surface area contributed by atoms with Crippen molar-refractivity contribution in [2.24, 2.45) is 0 Å². The lowest BCUT2D eigenvalue weighted by Crippen LogP contribution is -2.27. The molecular weight excluding hydrogens is 604 g/mol. The first kappa shape index (κ1) is 28.4. The summed E-state index contributed by atoms with van der Waals surface area (Å²) in [6, 6.07) is 22.7. The molecule has 4 aromatic carbocycles. The van der Waals surface area contributed by atoms with Crippen molar-refractivity contribution in [1.82, 2.24) is 4.90 Å². The average molecular weight is 632 g/mol. The molecule has 0 radical (unpaired) electrons. The fourth-order valence-corrected chi connectivity index (χ4v) is 5.88. The third-order valence-corrected chi connectivity index (χ3v) is 8.35. The Hall–Kier alpha value is -4.08. The second-order valence-corrected chi connectivity index (χ2v) is 11.4. The molecule has 0 aromatic heterocycles. The van der Waals surface area contributed by atoms with Gasteiger partial charge in [0.2, 0.25) is 0 Å². The van der Waals surface area contributed by atoms with Crippen molar-refractivity contribution in [3.8, 4) is 11.5 Å². The van der Waals surface area contributed by atoms with E-state index in [1.54, 1.807) is 24.3 Å². The maximum Gasteiger partial charge on any atom is 0.293 e. The van der Waals surface area contributed by atoms with E-state index >= 15 is 0 Å². The van der Waals surface area contributed by atoms with Crippen LogP contribution >= 0.6 is 27.7 Å². The molecule has 0 unspecified atom stereocenters. The number of rotatable bonds is 8. The lowest BCUT2D eigenvalue weighted by molar-refractivity contribution is -0.123. The quantitative estimate of drug-likeness (QED) is 0.203. The first-order chi connectivity index (χ1) is 19.7. The Morgan fingerprint density at radius 1 is 0.976 bits per heavy atom. The van der Waals surface area contributed by atoms with Crippen LogP contribution in [-0.2, 0) is 16.1 Å². The van der Waals surface area contributed by atoms with Crippen molar-refractivity contribution in [2.45, 2.75) is 20.4 Å². The Morgan fingerprint density at radius 2 is 1.73 bits per heavy atom. The number of imide groups is 1. The Labute approximate surface area is 250 Å². The number of halogens is 1. The van der Waals surface area contributed by atoms with Crippen LogP contribution in [0.1, 0.15) is 22.3 Å². The maximum absolute atomic E-state index is 13.2. The first-order valence-electron chi connectivity index (χ1n) is 12.8. The molecule has 0 atom stereocenters. The molecule has 1 aliphatic rings. The molecule has 9 heteroatoms. The third kappa shape index (κ3) is 6.31. The van der Waals surface area contributed by atoms with Gasteiger partial charge in [-0.05, 0) is 105 Å². The highest BCUT2D eigenvalue weighted by molar-refractivity contribution is 9.10. The predicted molar refractivity (Wildman–Crippen MR) is 166 cm³/mol. The van der Waals surface area contributed by atoms with Crippen LogP contribution < -0.4 is 14.8 Å². The molecule has 5 rings (SSSR count). The Morgan fingerprint density at radius 3 is 2.54 bits per heavy atom. The number of aryl methyl sites for hydroxylation is 2. The molecular formula is C32H27BrN2O5S. The van der Waals surface area contributed by atoms with E-state index in [4.69, 9.17) is 9.47 Å². The third-order valence-electron chi connectivity index (χ3n) is 6.78. The number of nitrogens with one attached hydrogen (secondary N) is 1. The van der Waals surface area contributed by atoms with Crippen molar-refractivity contribution in [3.05, 3.63) is 104 Å². The molecule has 1 aliphatic heterocycles. The zero-order valence-corrected chi connectivity index (χ0v) is 25.1. The van der Waals surface area contributed by atoms with Gasteiger partial charge in [-0.25, -0.2) is 0 Å². The number of carbonyl (C=O) groups excluding carboxylic acids is 3. The number of anilines is 1. The van der Waals surface area contributed by atoms with Gasteiger partial charge in [0.05, 0.1) is 24.2 Å². The zero-order valence-electron chi connectivity index (χ0n) is 22.7. The average Bonchev–Trinajstić information content (AvgIpc) is 3.22. The van der Waals surface area contributed by atoms with E-state index in [1.165, 1.54) is 12.0 Å². The molecule has 41 heavy (non-hydrogen) atoms. The van der Waals surface area contributed by atoms with Gasteiger partial charge in [-0.15, -0.1) is 0 Å². The Balaban J connectivity index is 1.27. The normalized spacial score (nSPS) is 14.1. The molecule has 4 aromatic rings. The number of hydrogen-bond donors (Lipinski definition) is 1. The van der Waals surface area contributed by atoms with E-state index in [-0.39, 0.29) is 30.2 Å². The van der Waals surface area contributed by atoms with E-state index in [0.29, 0.717) is 27.7 Å². The highest BCUT2D eigenvalue weighted by atomic mass is 79.9. The summed E-state index contributed by atoms with van der Waals surface area (Å²) in [6.45, 7) is 3.95. The highest BCUT2D eigenvalue weighted by Gasteiger charge is 2.35. The van der Waals surface area contributed by atoms with Gasteiger partial charge in [-0.2, -0.15) is 0 Å². The zero-order chi connectivity index (χ0) is 29.1. The summed E-state index contributed by atoms with van der Waals surface area (Å²) >= 11 is 4.39. The van der Waals surface area contributed by atoms with Crippen LogP contribution in [0.25, 0.3) is 16.8 Å². The SMILES string of the molecule is COc1cc(/C=C2/SC(=O)N(Cc3cccc4ccccc34)C2=O)ccc1OCC(=O)Nc1cc(C)c(C)cc1Br. The molecule has 1 fully saturated rings. The van der Waals surface area contributed by atoms with Crippen LogP contribution in [0.2, 0.25) is 0 Å². The van der Waals surface area contributed by atoms with E-state index < -0.39 is 0 Å². The molecule has 0 saturated carbocycles. The van der Waals surface area contributed by atoms with Crippen LogP contribution in [0.15, 0.2) is 82.2 Å². The molecule has 208 valence electrons. The second-order valence-electron chi connectivity index (χ2n) is 9.57. The number of ether oxygens (including phenoxy) is 2. The van der Waals surface area contributed by atoms with Crippen LogP contribution in [0, 0.1) is 13.8 Å². The Kier molecular flexibility index (Phi) is 8.46. The maximum atomic E-state index is 13.2. The van der Waals surface area contributed by atoms with E-state index in [2.05, 4.69) is 21.2 Å². The predicted octanol–water partition coefficient (Wildman–Crippen LogP) is 7.48. The monoisotopic (exact) mass is 630 g/mol. The molecule has 1 N–H and O–H groups in total. The molecule has 0 bridgehead atoms. The molecule has 0 spiro atoms. The van der Waals surface area contributed by atoms with Gasteiger partial charge < -0.3 is 14.8 Å². The lowest BCUT2D eigenvalue weighted by Gasteiger charge is -2.14. The fraction of sp³-hybridized carbons (Fsp3) is 0.156. The summed E-state index contributed by atoms with van der Waals surface area (Å²) < 4.78 is 12.0. The first-order valence-corrected chi connectivity index (χ1v) is 14.4. The summed E-state index contributed by atoms with van der Waals surface area (Å²) in [5, 5.41) is 4.59. The van der Waals surface area contributed by atoms with Crippen LogP contribution in [0.3, 0.4) is 0 Å². The smallest absolute Gasteiger partial charge is 0.293 e.